The fourth-order valence-corrected chi connectivity index (χ4v) is 2.18. The zero-order valence-corrected chi connectivity index (χ0v) is 11.4. The van der Waals surface area contributed by atoms with Gasteiger partial charge in [0.2, 0.25) is 0 Å². The molecule has 3 rings (SSSR count). The number of benzene rings is 1. The van der Waals surface area contributed by atoms with Crippen LogP contribution in [0, 0.1) is 0 Å². The Kier molecular flexibility index (Phi) is 3.27. The molecule has 0 atom stereocenters. The van der Waals surface area contributed by atoms with Gasteiger partial charge < -0.3 is 15.0 Å². The monoisotopic (exact) mass is 282 g/mol. The average Bonchev–Trinajstić information content (AvgIpc) is 2.89. The van der Waals surface area contributed by atoms with Crippen molar-refractivity contribution in [2.75, 3.05) is 5.32 Å². The number of hydrogen-bond donors (Lipinski definition) is 2. The molecule has 0 saturated carbocycles. The Morgan fingerprint density at radius 1 is 1.29 bits per heavy atom. The lowest BCUT2D eigenvalue weighted by Crippen LogP contribution is -2.07. The highest BCUT2D eigenvalue weighted by Gasteiger charge is 2.07. The van der Waals surface area contributed by atoms with E-state index in [1.165, 1.54) is 0 Å². The van der Waals surface area contributed by atoms with E-state index in [1.54, 1.807) is 36.7 Å². The van der Waals surface area contributed by atoms with Crippen molar-refractivity contribution in [3.8, 4) is 0 Å². The summed E-state index contributed by atoms with van der Waals surface area (Å²) in [5, 5.41) is 14.0. The molecular weight excluding hydrogens is 268 g/mol. The fourth-order valence-electron chi connectivity index (χ4n) is 2.18. The quantitative estimate of drug-likeness (QED) is 0.767. The largest absolute Gasteiger partial charge is 0.478 e. The van der Waals surface area contributed by atoms with Gasteiger partial charge in [-0.05, 0) is 29.7 Å². The van der Waals surface area contributed by atoms with E-state index in [0.717, 1.165) is 16.6 Å². The normalized spacial score (nSPS) is 10.7. The van der Waals surface area contributed by atoms with Crippen molar-refractivity contribution in [2.24, 2.45) is 7.05 Å². The van der Waals surface area contributed by atoms with E-state index in [4.69, 9.17) is 5.11 Å². The van der Waals surface area contributed by atoms with Gasteiger partial charge >= 0.3 is 5.97 Å². The summed E-state index contributed by atoms with van der Waals surface area (Å²) in [6, 6.07) is 6.80. The van der Waals surface area contributed by atoms with Crippen LogP contribution in [-0.2, 0) is 13.6 Å². The summed E-state index contributed by atoms with van der Waals surface area (Å²) < 4.78 is 1.93. The van der Waals surface area contributed by atoms with Gasteiger partial charge in [-0.3, -0.25) is 0 Å². The van der Waals surface area contributed by atoms with Crippen molar-refractivity contribution in [1.29, 1.82) is 0 Å². The molecule has 6 heteroatoms. The second-order valence-electron chi connectivity index (χ2n) is 4.71. The highest BCUT2D eigenvalue weighted by molar-refractivity contribution is 5.98. The second kappa shape index (κ2) is 5.24. The van der Waals surface area contributed by atoms with E-state index < -0.39 is 5.97 Å². The third-order valence-corrected chi connectivity index (χ3v) is 3.35. The smallest absolute Gasteiger partial charge is 0.335 e. The number of aryl methyl sites for hydroxylation is 1. The number of rotatable bonds is 4. The van der Waals surface area contributed by atoms with Crippen LogP contribution in [0.15, 0.2) is 42.9 Å². The molecule has 2 aromatic heterocycles. The first-order chi connectivity index (χ1) is 10.1. The second-order valence-corrected chi connectivity index (χ2v) is 4.71. The summed E-state index contributed by atoms with van der Waals surface area (Å²) in [6.07, 6.45) is 5.29. The molecule has 1 aromatic carbocycles. The average molecular weight is 282 g/mol. The van der Waals surface area contributed by atoms with Gasteiger partial charge in [-0.15, -0.1) is 0 Å². The predicted octanol–water partition coefficient (Wildman–Crippen LogP) is 2.28. The van der Waals surface area contributed by atoms with Crippen LogP contribution in [0.3, 0.4) is 0 Å². The maximum Gasteiger partial charge on any atom is 0.335 e. The molecule has 2 N–H and O–H groups in total. The van der Waals surface area contributed by atoms with Crippen LogP contribution in [0.25, 0.3) is 10.8 Å². The van der Waals surface area contributed by atoms with Crippen LogP contribution in [-0.4, -0.2) is 25.6 Å². The third kappa shape index (κ3) is 2.55. The minimum absolute atomic E-state index is 0.267. The van der Waals surface area contributed by atoms with Crippen LogP contribution in [0.2, 0.25) is 0 Å². The number of nitrogens with one attached hydrogen (secondary N) is 1. The van der Waals surface area contributed by atoms with Crippen molar-refractivity contribution in [1.82, 2.24) is 14.5 Å². The van der Waals surface area contributed by atoms with Crippen LogP contribution in [0.1, 0.15) is 16.2 Å². The Bertz CT molecular complexity index is 810. The molecule has 0 amide bonds. The van der Waals surface area contributed by atoms with Crippen molar-refractivity contribution >= 4 is 22.6 Å². The standard InChI is InChI=1S/C15H14N4O2/c1-19-7-6-16-13(19)9-18-14-12-3-2-11(15(20)21)8-10(12)4-5-17-14/h2-8H,9H2,1H3,(H,17,18)(H,20,21). The molecule has 0 aliphatic carbocycles. The summed E-state index contributed by atoms with van der Waals surface area (Å²) in [5.41, 5.74) is 0.267. The van der Waals surface area contributed by atoms with E-state index in [-0.39, 0.29) is 5.56 Å². The van der Waals surface area contributed by atoms with Crippen molar-refractivity contribution in [3.05, 3.63) is 54.2 Å². The Labute approximate surface area is 121 Å². The summed E-state index contributed by atoms with van der Waals surface area (Å²) >= 11 is 0. The highest BCUT2D eigenvalue weighted by Crippen LogP contribution is 2.22. The molecule has 3 aromatic rings. The van der Waals surface area contributed by atoms with Crippen molar-refractivity contribution < 1.29 is 9.90 Å². The number of pyridine rings is 1. The lowest BCUT2D eigenvalue weighted by molar-refractivity contribution is 0.0697. The van der Waals surface area contributed by atoms with Gasteiger partial charge in [0.1, 0.15) is 11.6 Å². The Morgan fingerprint density at radius 2 is 2.14 bits per heavy atom. The van der Waals surface area contributed by atoms with Gasteiger partial charge in [0.15, 0.2) is 0 Å². The van der Waals surface area contributed by atoms with Gasteiger partial charge in [-0.2, -0.15) is 0 Å². The summed E-state index contributed by atoms with van der Waals surface area (Å²) in [7, 11) is 1.93. The fraction of sp³-hybridized carbons (Fsp3) is 0.133. The molecule has 0 fully saturated rings. The number of nitrogens with zero attached hydrogens (tertiary/aromatic N) is 3. The summed E-state index contributed by atoms with van der Waals surface area (Å²) in [5.74, 6) is 0.680. The van der Waals surface area contributed by atoms with Gasteiger partial charge in [-0.1, -0.05) is 0 Å². The Morgan fingerprint density at radius 3 is 2.86 bits per heavy atom. The van der Waals surface area contributed by atoms with Gasteiger partial charge in [0, 0.05) is 31.0 Å². The predicted molar refractivity (Wildman–Crippen MR) is 79.2 cm³/mol. The van der Waals surface area contributed by atoms with Crippen molar-refractivity contribution in [3.63, 3.8) is 0 Å². The molecular formula is C15H14N4O2. The molecule has 0 spiro atoms. The van der Waals surface area contributed by atoms with E-state index in [2.05, 4.69) is 15.3 Å². The number of aromatic nitrogens is 3. The maximum absolute atomic E-state index is 11.0. The van der Waals surface area contributed by atoms with E-state index >= 15 is 0 Å². The van der Waals surface area contributed by atoms with Gasteiger partial charge in [0.25, 0.3) is 0 Å². The highest BCUT2D eigenvalue weighted by atomic mass is 16.4. The number of carboxylic acids is 1. The minimum Gasteiger partial charge on any atom is -0.478 e. The molecule has 0 aliphatic heterocycles. The number of fused-ring (bicyclic) bond motifs is 1. The van der Waals surface area contributed by atoms with Gasteiger partial charge in [0.05, 0.1) is 12.1 Å². The van der Waals surface area contributed by atoms with Crippen LogP contribution in [0.5, 0.6) is 0 Å². The van der Waals surface area contributed by atoms with Gasteiger partial charge in [-0.25, -0.2) is 14.8 Å². The maximum atomic E-state index is 11.0. The number of aromatic carboxylic acids is 1. The van der Waals surface area contributed by atoms with Crippen LogP contribution < -0.4 is 5.32 Å². The molecule has 6 nitrogen and oxygen atoms in total. The summed E-state index contributed by atoms with van der Waals surface area (Å²) in [6.45, 7) is 0.552. The molecule has 0 unspecified atom stereocenters. The SMILES string of the molecule is Cn1ccnc1CNc1nccc2cc(C(=O)O)ccc12. The lowest BCUT2D eigenvalue weighted by Gasteiger charge is -2.09. The Hall–Kier alpha value is -2.89. The van der Waals surface area contributed by atoms with E-state index in [1.807, 2.05) is 17.8 Å². The zero-order chi connectivity index (χ0) is 14.8. The molecule has 106 valence electrons. The molecule has 0 saturated heterocycles. The number of carboxylic acid groups (broad SMARTS) is 1. The number of imidazole rings is 1. The van der Waals surface area contributed by atoms with E-state index in [9.17, 15) is 4.79 Å². The van der Waals surface area contributed by atoms with Crippen molar-refractivity contribution in [2.45, 2.75) is 6.54 Å². The van der Waals surface area contributed by atoms with Crippen LogP contribution in [0.4, 0.5) is 5.82 Å². The first-order valence-electron chi connectivity index (χ1n) is 6.47. The molecule has 0 aliphatic rings. The minimum atomic E-state index is -0.934. The van der Waals surface area contributed by atoms with Crippen LogP contribution >= 0.6 is 0 Å². The Balaban J connectivity index is 1.92. The molecule has 21 heavy (non-hydrogen) atoms. The number of carbonyl (C=O) groups is 1. The lowest BCUT2D eigenvalue weighted by atomic mass is 10.1. The molecule has 0 radical (unpaired) electrons. The summed E-state index contributed by atoms with van der Waals surface area (Å²) in [4.78, 5) is 19.6. The first-order valence-corrected chi connectivity index (χ1v) is 6.47. The third-order valence-electron chi connectivity index (χ3n) is 3.35. The van der Waals surface area contributed by atoms with E-state index in [0.29, 0.717) is 12.4 Å². The topological polar surface area (TPSA) is 80.0 Å². The number of anilines is 1. The molecule has 2 heterocycles. The molecule has 0 bridgehead atoms. The number of hydrogen-bond acceptors (Lipinski definition) is 4. The zero-order valence-electron chi connectivity index (χ0n) is 11.4. The first kappa shape index (κ1) is 13.1.